The van der Waals surface area contributed by atoms with Crippen molar-refractivity contribution in [3.8, 4) is 5.75 Å². The predicted octanol–water partition coefficient (Wildman–Crippen LogP) is 3.81. The van der Waals surface area contributed by atoms with Gasteiger partial charge in [-0.05, 0) is 36.2 Å². The van der Waals surface area contributed by atoms with Crippen LogP contribution in [-0.4, -0.2) is 21.9 Å². The minimum atomic E-state index is -0.420. The Morgan fingerprint density at radius 3 is 2.73 bits per heavy atom. The number of methoxy groups -OCH3 is 1. The van der Waals surface area contributed by atoms with Gasteiger partial charge in [-0.25, -0.2) is 9.07 Å². The van der Waals surface area contributed by atoms with Gasteiger partial charge < -0.3 is 15.8 Å². The molecule has 8 heteroatoms. The van der Waals surface area contributed by atoms with Crippen molar-refractivity contribution >= 4 is 23.5 Å². The number of ether oxygens (including phenoxy) is 1. The summed E-state index contributed by atoms with van der Waals surface area (Å²) < 4.78 is 21.4. The first-order valence-electron chi connectivity index (χ1n) is 8.13. The lowest BCUT2D eigenvalue weighted by Gasteiger charge is -2.32. The van der Waals surface area contributed by atoms with Crippen LogP contribution >= 0.6 is 11.6 Å². The Morgan fingerprint density at radius 2 is 2.04 bits per heavy atom. The number of hydrogen-bond donors (Lipinski definition) is 2. The number of nitrogens with one attached hydrogen (secondary N) is 1. The third-order valence-corrected chi connectivity index (χ3v) is 4.89. The Kier molecular flexibility index (Phi) is 4.16. The highest BCUT2D eigenvalue weighted by atomic mass is 35.5. The van der Waals surface area contributed by atoms with Gasteiger partial charge in [0.1, 0.15) is 11.6 Å². The quantitative estimate of drug-likeness (QED) is 0.730. The smallest absolute Gasteiger partial charge is 0.241 e. The van der Waals surface area contributed by atoms with E-state index in [1.54, 1.807) is 23.9 Å². The van der Waals surface area contributed by atoms with Crippen molar-refractivity contribution in [1.82, 2.24) is 14.8 Å². The standard InChI is InChI=1S/C18H17ClFN5O/c1-26-11-7-5-10(6-8-11)14-9-15(16-12(19)3-2-4-13(16)20)25-18(22-14)23-17(21)24-25/h2-8,14-15H,9H2,1H3,(H3,21,22,23,24)/t14-,15-/m1/s1. The van der Waals surface area contributed by atoms with Crippen molar-refractivity contribution in [2.45, 2.75) is 18.5 Å². The number of rotatable bonds is 3. The fourth-order valence-corrected chi connectivity index (χ4v) is 3.61. The lowest BCUT2D eigenvalue weighted by Crippen LogP contribution is -2.28. The van der Waals surface area contributed by atoms with Gasteiger partial charge in [-0.2, -0.15) is 4.98 Å². The van der Waals surface area contributed by atoms with Crippen LogP contribution in [0, 0.1) is 5.82 Å². The summed E-state index contributed by atoms with van der Waals surface area (Å²) in [7, 11) is 1.62. The van der Waals surface area contributed by atoms with Gasteiger partial charge in [0.05, 0.1) is 19.2 Å². The molecule has 0 unspecified atom stereocenters. The minimum absolute atomic E-state index is 0.0994. The normalized spacial score (nSPS) is 18.9. The van der Waals surface area contributed by atoms with Gasteiger partial charge >= 0.3 is 0 Å². The van der Waals surface area contributed by atoms with Crippen LogP contribution < -0.4 is 15.8 Å². The lowest BCUT2D eigenvalue weighted by molar-refractivity contribution is 0.410. The molecule has 6 nitrogen and oxygen atoms in total. The minimum Gasteiger partial charge on any atom is -0.497 e. The van der Waals surface area contributed by atoms with E-state index in [2.05, 4.69) is 15.4 Å². The Labute approximate surface area is 154 Å². The molecule has 1 aliphatic heterocycles. The maximum atomic E-state index is 14.5. The summed E-state index contributed by atoms with van der Waals surface area (Å²) in [5.74, 6) is 1.00. The van der Waals surface area contributed by atoms with E-state index >= 15 is 0 Å². The number of nitrogens with zero attached hydrogens (tertiary/aromatic N) is 3. The molecule has 0 saturated heterocycles. The molecule has 4 rings (SSSR count). The monoisotopic (exact) mass is 373 g/mol. The Bertz CT molecular complexity index is 923. The number of halogens is 2. The van der Waals surface area contributed by atoms with E-state index in [1.165, 1.54) is 6.07 Å². The van der Waals surface area contributed by atoms with Crippen LogP contribution in [0.5, 0.6) is 5.75 Å². The molecule has 0 fully saturated rings. The van der Waals surface area contributed by atoms with Crippen molar-refractivity contribution in [2.75, 3.05) is 18.2 Å². The molecule has 0 bridgehead atoms. The van der Waals surface area contributed by atoms with Crippen LogP contribution in [-0.2, 0) is 0 Å². The number of anilines is 2. The number of hydrogen-bond acceptors (Lipinski definition) is 5. The third-order valence-electron chi connectivity index (χ3n) is 4.56. The third kappa shape index (κ3) is 2.84. The summed E-state index contributed by atoms with van der Waals surface area (Å²) in [6, 6.07) is 11.8. The van der Waals surface area contributed by atoms with Crippen LogP contribution in [0.25, 0.3) is 0 Å². The van der Waals surface area contributed by atoms with E-state index in [0.29, 0.717) is 23.0 Å². The second-order valence-corrected chi connectivity index (χ2v) is 6.50. The maximum Gasteiger partial charge on any atom is 0.241 e. The molecule has 0 spiro atoms. The van der Waals surface area contributed by atoms with E-state index in [-0.39, 0.29) is 17.8 Å². The maximum absolute atomic E-state index is 14.5. The molecule has 2 heterocycles. The summed E-state index contributed by atoms with van der Waals surface area (Å²) in [5, 5.41) is 7.89. The molecule has 26 heavy (non-hydrogen) atoms. The summed E-state index contributed by atoms with van der Waals surface area (Å²) in [6.07, 6.45) is 0.544. The first-order chi connectivity index (χ1) is 12.6. The zero-order valence-corrected chi connectivity index (χ0v) is 14.7. The molecule has 0 saturated carbocycles. The van der Waals surface area contributed by atoms with Gasteiger partial charge in [0.15, 0.2) is 0 Å². The van der Waals surface area contributed by atoms with Crippen molar-refractivity contribution < 1.29 is 9.13 Å². The summed E-state index contributed by atoms with van der Waals surface area (Å²) in [6.45, 7) is 0. The summed E-state index contributed by atoms with van der Waals surface area (Å²) in [4.78, 5) is 4.22. The van der Waals surface area contributed by atoms with Gasteiger partial charge in [-0.1, -0.05) is 29.8 Å². The average Bonchev–Trinajstić information content (AvgIpc) is 3.02. The molecule has 1 aromatic heterocycles. The topological polar surface area (TPSA) is 78.0 Å². The molecule has 2 atom stereocenters. The van der Waals surface area contributed by atoms with Crippen molar-refractivity contribution in [2.24, 2.45) is 0 Å². The molecule has 134 valence electrons. The number of nitrogen functional groups attached to an aromatic ring is 1. The average molecular weight is 374 g/mol. The van der Waals surface area contributed by atoms with Crippen LogP contribution in [0.15, 0.2) is 42.5 Å². The molecule has 0 radical (unpaired) electrons. The Morgan fingerprint density at radius 1 is 1.27 bits per heavy atom. The van der Waals surface area contributed by atoms with E-state index in [4.69, 9.17) is 22.1 Å². The fourth-order valence-electron chi connectivity index (χ4n) is 3.32. The number of fused-ring (bicyclic) bond motifs is 1. The molecular weight excluding hydrogens is 357 g/mol. The van der Waals surface area contributed by atoms with Crippen molar-refractivity contribution in [3.05, 3.63) is 64.4 Å². The highest BCUT2D eigenvalue weighted by Crippen LogP contribution is 2.41. The Hall–Kier alpha value is -2.80. The van der Waals surface area contributed by atoms with Gasteiger partial charge in [-0.3, -0.25) is 0 Å². The molecule has 3 aromatic rings. The largest absolute Gasteiger partial charge is 0.497 e. The first kappa shape index (κ1) is 16.7. The molecule has 0 amide bonds. The van der Waals surface area contributed by atoms with Gasteiger partial charge in [-0.15, -0.1) is 5.10 Å². The second-order valence-electron chi connectivity index (χ2n) is 6.10. The fraction of sp³-hybridized carbons (Fsp3) is 0.222. The van der Waals surface area contributed by atoms with E-state index in [0.717, 1.165) is 11.3 Å². The van der Waals surface area contributed by atoms with Gasteiger partial charge in [0, 0.05) is 10.6 Å². The van der Waals surface area contributed by atoms with Crippen LogP contribution in [0.3, 0.4) is 0 Å². The molecular formula is C18H17ClFN5O. The summed E-state index contributed by atoms with van der Waals surface area (Å²) in [5.41, 5.74) is 7.18. The SMILES string of the molecule is COc1ccc([C@H]2C[C@H](c3c(F)cccc3Cl)n3nc(N)nc3N2)cc1. The molecule has 3 N–H and O–H groups in total. The zero-order chi connectivity index (χ0) is 18.3. The number of nitrogens with two attached hydrogens (primary N) is 1. The van der Waals surface area contributed by atoms with E-state index in [1.807, 2.05) is 24.3 Å². The first-order valence-corrected chi connectivity index (χ1v) is 8.51. The lowest BCUT2D eigenvalue weighted by atomic mass is 9.93. The predicted molar refractivity (Wildman–Crippen MR) is 98.0 cm³/mol. The van der Waals surface area contributed by atoms with Crippen LogP contribution in [0.1, 0.15) is 29.6 Å². The van der Waals surface area contributed by atoms with Gasteiger partial charge in [0.2, 0.25) is 11.9 Å². The summed E-state index contributed by atoms with van der Waals surface area (Å²) >= 11 is 6.30. The van der Waals surface area contributed by atoms with Gasteiger partial charge in [0.25, 0.3) is 0 Å². The highest BCUT2D eigenvalue weighted by molar-refractivity contribution is 6.31. The van der Waals surface area contributed by atoms with Crippen LogP contribution in [0.4, 0.5) is 16.3 Å². The number of benzene rings is 2. The van der Waals surface area contributed by atoms with Crippen molar-refractivity contribution in [3.63, 3.8) is 0 Å². The van der Waals surface area contributed by atoms with Crippen LogP contribution in [0.2, 0.25) is 5.02 Å². The Balaban J connectivity index is 1.78. The van der Waals surface area contributed by atoms with E-state index < -0.39 is 6.04 Å². The van der Waals surface area contributed by atoms with E-state index in [9.17, 15) is 4.39 Å². The highest BCUT2D eigenvalue weighted by Gasteiger charge is 2.33. The molecule has 2 aromatic carbocycles. The second kappa shape index (κ2) is 6.49. The molecule has 0 aliphatic carbocycles. The zero-order valence-electron chi connectivity index (χ0n) is 14.0. The molecule has 1 aliphatic rings. The number of aromatic nitrogens is 3. The van der Waals surface area contributed by atoms with Crippen molar-refractivity contribution in [1.29, 1.82) is 0 Å².